The Labute approximate surface area is 364 Å². The number of rotatable bonds is 4. The second-order valence-corrected chi connectivity index (χ2v) is 19.2. The van der Waals surface area contributed by atoms with Crippen molar-refractivity contribution < 1.29 is 53.8 Å². The SMILES string of the molecule is CO[C@H]1C[C@@H]2CC[C@@H](C)[C@](O)(CC(=O)N3CCCC[C@H]3C(=O)O[C@H]([C@H](C)C[C@H]3CC[C@H](O)[C@@H](O)C3)CC(=O)[C@H](C)/C=C(\C)[C@@H](O)CC(=O)[C@H](C)C[C@H](C)\C=C/C=C/C=C/1C)O2. The number of aliphatic hydroxyl groups excluding tert-OH is 3. The zero-order valence-electron chi connectivity index (χ0n) is 38.2. The maximum absolute atomic E-state index is 14.2. The molecule has 12 heteroatoms. The molecule has 14 atom stereocenters. The first-order valence-corrected chi connectivity index (χ1v) is 23.0. The Balaban J connectivity index is 1.63. The fraction of sp³-hybridized carbons (Fsp3) is 0.755. The van der Waals surface area contributed by atoms with Gasteiger partial charge in [0.15, 0.2) is 5.79 Å². The van der Waals surface area contributed by atoms with Crippen molar-refractivity contribution in [2.24, 2.45) is 35.5 Å². The van der Waals surface area contributed by atoms with E-state index >= 15 is 0 Å². The largest absolute Gasteiger partial charge is 0.460 e. The fourth-order valence-corrected chi connectivity index (χ4v) is 9.64. The van der Waals surface area contributed by atoms with Crippen molar-refractivity contribution in [1.29, 1.82) is 0 Å². The first kappa shape index (κ1) is 50.6. The molecule has 3 heterocycles. The molecular weight excluding hydrogens is 779 g/mol. The maximum atomic E-state index is 14.2. The van der Waals surface area contributed by atoms with E-state index < -0.39 is 54.0 Å². The summed E-state index contributed by atoms with van der Waals surface area (Å²) >= 11 is 0. The number of piperidine rings is 1. The Morgan fingerprint density at radius 1 is 0.852 bits per heavy atom. The molecule has 0 aromatic carbocycles. The van der Waals surface area contributed by atoms with Gasteiger partial charge in [0.2, 0.25) is 5.91 Å². The van der Waals surface area contributed by atoms with Crippen LogP contribution < -0.4 is 0 Å². The van der Waals surface area contributed by atoms with Gasteiger partial charge in [0.05, 0.1) is 36.9 Å². The molecule has 4 N–H and O–H groups in total. The Bertz CT molecular complexity index is 1600. The summed E-state index contributed by atoms with van der Waals surface area (Å²) in [6.07, 6.45) is 13.1. The van der Waals surface area contributed by atoms with Crippen molar-refractivity contribution in [2.75, 3.05) is 13.7 Å². The number of allylic oxidation sites excluding steroid dienone is 6. The van der Waals surface area contributed by atoms with Crippen LogP contribution in [0.15, 0.2) is 47.6 Å². The van der Waals surface area contributed by atoms with Gasteiger partial charge in [-0.05, 0) is 107 Å². The minimum Gasteiger partial charge on any atom is -0.460 e. The van der Waals surface area contributed by atoms with E-state index in [0.717, 1.165) is 5.57 Å². The molecule has 12 nitrogen and oxygen atoms in total. The highest BCUT2D eigenvalue weighted by Crippen LogP contribution is 2.38. The molecule has 1 amide bonds. The monoisotopic (exact) mass is 856 g/mol. The van der Waals surface area contributed by atoms with Gasteiger partial charge in [-0.15, -0.1) is 0 Å². The average Bonchev–Trinajstić information content (AvgIpc) is 3.21. The molecule has 0 aromatic rings. The van der Waals surface area contributed by atoms with E-state index in [-0.39, 0.29) is 72.6 Å². The number of carbonyl (C=O) groups is 4. The van der Waals surface area contributed by atoms with Crippen LogP contribution in [0.25, 0.3) is 0 Å². The van der Waals surface area contributed by atoms with Crippen LogP contribution in [0.1, 0.15) is 138 Å². The van der Waals surface area contributed by atoms with Crippen LogP contribution in [0.4, 0.5) is 0 Å². The number of carbonyl (C=O) groups excluding carboxylic acids is 4. The van der Waals surface area contributed by atoms with Gasteiger partial charge in [-0.2, -0.15) is 0 Å². The molecule has 2 bridgehead atoms. The molecule has 0 unspecified atom stereocenters. The van der Waals surface area contributed by atoms with E-state index in [1.807, 2.05) is 65.0 Å². The predicted octanol–water partition coefficient (Wildman–Crippen LogP) is 6.72. The predicted molar refractivity (Wildman–Crippen MR) is 234 cm³/mol. The molecule has 2 saturated heterocycles. The number of fused-ring (bicyclic) bond motifs is 3. The number of esters is 1. The number of ketones is 2. The van der Waals surface area contributed by atoms with E-state index in [4.69, 9.17) is 14.2 Å². The molecule has 0 radical (unpaired) electrons. The summed E-state index contributed by atoms with van der Waals surface area (Å²) in [5, 5.41) is 43.6. The van der Waals surface area contributed by atoms with Crippen molar-refractivity contribution in [3.8, 4) is 0 Å². The molecule has 1 aliphatic carbocycles. The zero-order chi connectivity index (χ0) is 45.0. The van der Waals surface area contributed by atoms with Gasteiger partial charge in [0.1, 0.15) is 23.7 Å². The Kier molecular flexibility index (Phi) is 19.6. The van der Waals surface area contributed by atoms with Crippen LogP contribution in [-0.2, 0) is 33.4 Å². The number of Topliss-reactive ketones (excluding diaryl/α,β-unsaturated/α-hetero) is 2. The molecule has 344 valence electrons. The average molecular weight is 856 g/mol. The van der Waals surface area contributed by atoms with Crippen LogP contribution in [0.5, 0.6) is 0 Å². The van der Waals surface area contributed by atoms with Gasteiger partial charge in [-0.25, -0.2) is 4.79 Å². The molecule has 3 aliphatic heterocycles. The normalized spacial score (nSPS) is 41.0. The molecule has 0 spiro atoms. The van der Waals surface area contributed by atoms with E-state index in [1.54, 1.807) is 27.0 Å². The summed E-state index contributed by atoms with van der Waals surface area (Å²) in [4.78, 5) is 57.1. The van der Waals surface area contributed by atoms with Crippen molar-refractivity contribution >= 4 is 23.4 Å². The molecule has 4 rings (SSSR count). The number of aliphatic hydroxyl groups is 4. The summed E-state index contributed by atoms with van der Waals surface area (Å²) in [6.45, 7) is 13.5. The van der Waals surface area contributed by atoms with E-state index in [2.05, 4.69) is 0 Å². The van der Waals surface area contributed by atoms with Gasteiger partial charge in [-0.3, -0.25) is 14.4 Å². The summed E-state index contributed by atoms with van der Waals surface area (Å²) < 4.78 is 18.5. The third-order valence-electron chi connectivity index (χ3n) is 14.0. The highest BCUT2D eigenvalue weighted by Gasteiger charge is 2.46. The lowest BCUT2D eigenvalue weighted by Crippen LogP contribution is -2.55. The van der Waals surface area contributed by atoms with Crippen LogP contribution in [0.3, 0.4) is 0 Å². The number of amides is 1. The minimum atomic E-state index is -1.75. The second kappa shape index (κ2) is 23.6. The molecule has 4 aliphatic rings. The maximum Gasteiger partial charge on any atom is 0.329 e. The van der Waals surface area contributed by atoms with Crippen molar-refractivity contribution in [1.82, 2.24) is 4.90 Å². The molecule has 1 saturated carbocycles. The van der Waals surface area contributed by atoms with Gasteiger partial charge in [0.25, 0.3) is 0 Å². The Morgan fingerprint density at radius 3 is 2.30 bits per heavy atom. The summed E-state index contributed by atoms with van der Waals surface area (Å²) in [5.74, 6) is -4.41. The number of methoxy groups -OCH3 is 1. The van der Waals surface area contributed by atoms with Gasteiger partial charge < -0.3 is 39.5 Å². The lowest BCUT2D eigenvalue weighted by atomic mass is 9.78. The third kappa shape index (κ3) is 14.8. The zero-order valence-corrected chi connectivity index (χ0v) is 38.2. The fourth-order valence-electron chi connectivity index (χ4n) is 9.64. The number of ether oxygens (including phenoxy) is 3. The number of hydrogen-bond donors (Lipinski definition) is 4. The van der Waals surface area contributed by atoms with Crippen molar-refractivity contribution in [2.45, 2.75) is 187 Å². The third-order valence-corrected chi connectivity index (χ3v) is 14.0. The van der Waals surface area contributed by atoms with E-state index in [0.29, 0.717) is 82.7 Å². The molecule has 0 aromatic heterocycles. The minimum absolute atomic E-state index is 0.0520. The topological polar surface area (TPSA) is 180 Å². The molecule has 61 heavy (non-hydrogen) atoms. The lowest BCUT2D eigenvalue weighted by Gasteiger charge is -2.44. The smallest absolute Gasteiger partial charge is 0.329 e. The van der Waals surface area contributed by atoms with E-state index in [1.165, 1.54) is 4.90 Å². The quantitative estimate of drug-likeness (QED) is 0.174. The Hall–Kier alpha value is -3.00. The second-order valence-electron chi connectivity index (χ2n) is 19.2. The van der Waals surface area contributed by atoms with Crippen molar-refractivity contribution in [3.63, 3.8) is 0 Å². The lowest BCUT2D eigenvalue weighted by molar-refractivity contribution is -0.284. The number of nitrogens with zero attached hydrogens (tertiary/aromatic N) is 1. The number of cyclic esters (lactones) is 1. The van der Waals surface area contributed by atoms with Crippen LogP contribution in [-0.4, -0.2) is 111 Å². The first-order chi connectivity index (χ1) is 28.8. The molecule has 3 fully saturated rings. The van der Waals surface area contributed by atoms with E-state index in [9.17, 15) is 39.6 Å². The highest BCUT2D eigenvalue weighted by molar-refractivity contribution is 5.86. The summed E-state index contributed by atoms with van der Waals surface area (Å²) in [5.41, 5.74) is 1.49. The summed E-state index contributed by atoms with van der Waals surface area (Å²) in [7, 11) is 1.64. The van der Waals surface area contributed by atoms with Gasteiger partial charge in [0, 0.05) is 50.7 Å². The van der Waals surface area contributed by atoms with Gasteiger partial charge in [-0.1, -0.05) is 71.1 Å². The van der Waals surface area contributed by atoms with Crippen molar-refractivity contribution in [3.05, 3.63) is 47.6 Å². The number of hydrogen-bond acceptors (Lipinski definition) is 11. The van der Waals surface area contributed by atoms with Crippen LogP contribution in [0.2, 0.25) is 0 Å². The Morgan fingerprint density at radius 2 is 1.59 bits per heavy atom. The summed E-state index contributed by atoms with van der Waals surface area (Å²) in [6, 6.07) is -0.904. The van der Waals surface area contributed by atoms with Crippen LogP contribution in [0, 0.1) is 35.5 Å². The van der Waals surface area contributed by atoms with Crippen LogP contribution >= 0.6 is 0 Å². The molecular formula is C49H77NO11. The standard InChI is InChI=1S/C49H77NO11/c1-30-14-10-9-11-15-31(2)45(59-8)26-38-19-17-36(7)49(58,61-38)29-47(56)50-21-13-12-16-39(50)48(57)60-46(35(6)24-37-18-20-40(51)44(55)25-37)28-43(54)34(5)23-33(4)42(53)27-41(52)32(3)22-30/h9-11,14-15,23,30,32,34-40,42,44-46,51,53,55,58H,12-13,16-22,24-29H2,1-8H3/b11-9+,14-10-,31-15+,33-23+/t30-,32-,34-,35-,36-,37-,38+,39+,40+,42+,44+,45+,46+,49+/m1/s1. The van der Waals surface area contributed by atoms with Gasteiger partial charge >= 0.3 is 5.97 Å². The highest BCUT2D eigenvalue weighted by atomic mass is 16.6. The first-order valence-electron chi connectivity index (χ1n) is 23.0.